The van der Waals surface area contributed by atoms with Gasteiger partial charge in [0.25, 0.3) is 10.0 Å². The van der Waals surface area contributed by atoms with Crippen molar-refractivity contribution >= 4 is 31.0 Å². The standard InChI is InChI=1S/C8H10O2.H8O2Si3/c1-6-3-4-7(9)8(5-6)10-2;3-1-5-2-4/h3-5,9H,1-2H3;5H2,3-4H3. The van der Waals surface area contributed by atoms with Crippen molar-refractivity contribution in [3.63, 3.8) is 0 Å². The average molecular weight is 262 g/mol. The van der Waals surface area contributed by atoms with Gasteiger partial charge in [-0.25, -0.2) is 0 Å². The van der Waals surface area contributed by atoms with Crippen LogP contribution in [-0.4, -0.2) is 43.2 Å². The van der Waals surface area contributed by atoms with E-state index < -0.39 is 10.0 Å². The molecule has 7 heteroatoms. The molecule has 0 saturated carbocycles. The summed E-state index contributed by atoms with van der Waals surface area (Å²) in [5, 5.41) is 9.11. The van der Waals surface area contributed by atoms with Gasteiger partial charge in [-0.2, -0.15) is 0 Å². The molecule has 0 aliphatic carbocycles. The van der Waals surface area contributed by atoms with Crippen LogP contribution in [0.1, 0.15) is 5.56 Å². The lowest BCUT2D eigenvalue weighted by molar-refractivity contribution is 0.373. The minimum atomic E-state index is -0.444. The predicted octanol–water partition coefficient (Wildman–Crippen LogP) is -1.71. The summed E-state index contributed by atoms with van der Waals surface area (Å²) in [4.78, 5) is 0. The van der Waals surface area contributed by atoms with Crippen LogP contribution >= 0.6 is 0 Å². The van der Waals surface area contributed by atoms with Crippen LogP contribution in [-0.2, 0) is 8.23 Å². The number of phenols is 1. The van der Waals surface area contributed by atoms with E-state index >= 15 is 0 Å². The Hall–Kier alpha value is -0.609. The number of ether oxygens (including phenoxy) is 1. The van der Waals surface area contributed by atoms with Gasteiger partial charge in [0.2, 0.25) is 0 Å². The maximum absolute atomic E-state index is 9.11. The fourth-order valence-electron chi connectivity index (χ4n) is 0.903. The van der Waals surface area contributed by atoms with Crippen LogP contribution in [0.5, 0.6) is 11.5 Å². The molecule has 0 fully saturated rings. The summed E-state index contributed by atoms with van der Waals surface area (Å²) in [6.07, 6.45) is 0. The van der Waals surface area contributed by atoms with Crippen molar-refractivity contribution in [1.29, 1.82) is 0 Å². The second-order valence-corrected chi connectivity index (χ2v) is 7.73. The molecule has 0 bridgehead atoms. The minimum absolute atomic E-state index is 0.188. The quantitative estimate of drug-likeness (QED) is 0.659. The summed E-state index contributed by atoms with van der Waals surface area (Å²) in [6, 6.07) is 5.24. The fraction of sp³-hybridized carbons (Fsp3) is 0.250. The Kier molecular flexibility index (Phi) is 8.33. The van der Waals surface area contributed by atoms with Crippen molar-refractivity contribution < 1.29 is 18.1 Å². The second-order valence-electron chi connectivity index (χ2n) is 2.87. The van der Waals surface area contributed by atoms with Gasteiger partial charge in [0.05, 0.1) is 7.11 Å². The van der Waals surface area contributed by atoms with Gasteiger partial charge in [0.15, 0.2) is 11.5 Å². The van der Waals surface area contributed by atoms with Gasteiger partial charge in [-0.15, -0.1) is 0 Å². The molecule has 0 heterocycles. The number of hydrogen-bond donors (Lipinski definition) is 1. The molecule has 0 unspecified atom stereocenters. The molecular weight excluding hydrogens is 244 g/mol. The van der Waals surface area contributed by atoms with Gasteiger partial charge in [0.1, 0.15) is 21.0 Å². The molecule has 15 heavy (non-hydrogen) atoms. The van der Waals surface area contributed by atoms with E-state index in [4.69, 9.17) is 18.1 Å². The molecule has 0 aromatic heterocycles. The monoisotopic (exact) mass is 262 g/mol. The van der Waals surface area contributed by atoms with Crippen LogP contribution in [0.4, 0.5) is 0 Å². The van der Waals surface area contributed by atoms with Gasteiger partial charge in [-0.1, -0.05) is 6.07 Å². The second kappa shape index (κ2) is 8.68. The summed E-state index contributed by atoms with van der Waals surface area (Å²) >= 11 is 0. The van der Waals surface area contributed by atoms with Crippen LogP contribution in [0.2, 0.25) is 0 Å². The lowest BCUT2D eigenvalue weighted by Gasteiger charge is -2.02. The van der Waals surface area contributed by atoms with E-state index in [0.717, 1.165) is 26.5 Å². The van der Waals surface area contributed by atoms with E-state index in [9.17, 15) is 0 Å². The Labute approximate surface area is 98.7 Å². The Morgan fingerprint density at radius 2 is 1.87 bits per heavy atom. The molecule has 0 spiro atoms. The molecule has 1 aromatic rings. The van der Waals surface area contributed by atoms with Gasteiger partial charge >= 0.3 is 0 Å². The molecule has 1 N–H and O–H groups in total. The highest BCUT2D eigenvalue weighted by atomic mass is 28.3. The van der Waals surface area contributed by atoms with Crippen molar-refractivity contribution in [3.8, 4) is 11.5 Å². The van der Waals surface area contributed by atoms with Gasteiger partial charge < -0.3 is 18.1 Å². The van der Waals surface area contributed by atoms with Crippen LogP contribution in [0.15, 0.2) is 18.2 Å². The summed E-state index contributed by atoms with van der Waals surface area (Å²) in [6.45, 7) is 1.95. The molecule has 0 aliphatic heterocycles. The Bertz CT molecular complexity index is 281. The Morgan fingerprint density at radius 1 is 1.27 bits per heavy atom. The highest BCUT2D eigenvalue weighted by Crippen LogP contribution is 2.25. The topological polar surface area (TPSA) is 47.9 Å². The number of benzene rings is 1. The number of methoxy groups -OCH3 is 1. The van der Waals surface area contributed by atoms with Crippen LogP contribution in [0.25, 0.3) is 0 Å². The number of hydrogen-bond acceptors (Lipinski definition) is 4. The fourth-order valence-corrected chi connectivity index (χ4v) is 3.97. The third-order valence-electron chi connectivity index (χ3n) is 1.57. The van der Waals surface area contributed by atoms with Crippen molar-refractivity contribution in [2.45, 2.75) is 6.92 Å². The summed E-state index contributed by atoms with van der Waals surface area (Å²) in [5.74, 6) is 0.716. The first-order valence-electron chi connectivity index (χ1n) is 4.47. The minimum Gasteiger partial charge on any atom is -0.504 e. The summed E-state index contributed by atoms with van der Waals surface area (Å²) < 4.78 is 14.4. The number of rotatable bonds is 3. The van der Waals surface area contributed by atoms with Gasteiger partial charge in [0, 0.05) is 0 Å². The van der Waals surface area contributed by atoms with E-state index in [0.29, 0.717) is 5.75 Å². The zero-order valence-corrected chi connectivity index (χ0v) is 15.0. The molecule has 4 nitrogen and oxygen atoms in total. The van der Waals surface area contributed by atoms with Crippen LogP contribution in [0, 0.1) is 6.92 Å². The lowest BCUT2D eigenvalue weighted by Crippen LogP contribution is -1.96. The van der Waals surface area contributed by atoms with Crippen molar-refractivity contribution in [2.24, 2.45) is 0 Å². The molecule has 0 atom stereocenters. The SMILES string of the molecule is COc1cc(C)ccc1O.[SiH3]O[SiH2]O[SiH3]. The van der Waals surface area contributed by atoms with Crippen molar-refractivity contribution in [2.75, 3.05) is 7.11 Å². The molecule has 0 aliphatic rings. The summed E-state index contributed by atoms with van der Waals surface area (Å²) in [7, 11) is 2.81. The Morgan fingerprint density at radius 3 is 2.20 bits per heavy atom. The Balaban J connectivity index is 0.000000336. The third-order valence-corrected chi connectivity index (χ3v) is 3.46. The van der Waals surface area contributed by atoms with E-state index in [2.05, 4.69) is 0 Å². The number of phenolic OH excluding ortho intramolecular Hbond substituents is 1. The molecule has 1 aromatic carbocycles. The first-order chi connectivity index (χ1) is 7.15. The maximum Gasteiger partial charge on any atom is 0.282 e. The first-order valence-corrected chi connectivity index (χ1v) is 7.26. The maximum atomic E-state index is 9.11. The van der Waals surface area contributed by atoms with Crippen molar-refractivity contribution in [1.82, 2.24) is 0 Å². The largest absolute Gasteiger partial charge is 0.504 e. The van der Waals surface area contributed by atoms with Crippen molar-refractivity contribution in [3.05, 3.63) is 23.8 Å². The molecule has 0 amide bonds. The van der Waals surface area contributed by atoms with E-state index in [-0.39, 0.29) is 5.75 Å². The number of aryl methyl sites for hydroxylation is 1. The highest BCUT2D eigenvalue weighted by Gasteiger charge is 1.97. The normalized spacial score (nSPS) is 10.3. The first kappa shape index (κ1) is 14.4. The molecule has 86 valence electrons. The zero-order valence-electron chi connectivity index (χ0n) is 9.61. The van der Waals surface area contributed by atoms with Gasteiger partial charge in [-0.05, 0) is 24.6 Å². The molecule has 1 rings (SSSR count). The predicted molar refractivity (Wildman–Crippen MR) is 70.0 cm³/mol. The molecule has 0 saturated heterocycles. The molecule has 0 radical (unpaired) electrons. The summed E-state index contributed by atoms with van der Waals surface area (Å²) in [5.41, 5.74) is 1.08. The van der Waals surface area contributed by atoms with Crippen LogP contribution < -0.4 is 4.74 Å². The van der Waals surface area contributed by atoms with E-state index in [1.165, 1.54) is 7.11 Å². The van der Waals surface area contributed by atoms with Gasteiger partial charge in [-0.3, -0.25) is 0 Å². The van der Waals surface area contributed by atoms with E-state index in [1.807, 2.05) is 13.0 Å². The third kappa shape index (κ3) is 6.47. The zero-order chi connectivity index (χ0) is 11.7. The number of aromatic hydroxyl groups is 1. The van der Waals surface area contributed by atoms with Crippen LogP contribution in [0.3, 0.4) is 0 Å². The lowest BCUT2D eigenvalue weighted by atomic mass is 10.2. The highest BCUT2D eigenvalue weighted by molar-refractivity contribution is 6.33. The van der Waals surface area contributed by atoms with E-state index in [1.54, 1.807) is 12.1 Å². The smallest absolute Gasteiger partial charge is 0.282 e. The average Bonchev–Trinajstić information content (AvgIpc) is 2.24. The molecular formula is C8H18O4Si3.